The van der Waals surface area contributed by atoms with E-state index in [0.29, 0.717) is 19.3 Å². The molecule has 0 N–H and O–H groups in total. The zero-order chi connectivity index (χ0) is 35.9. The van der Waals surface area contributed by atoms with E-state index in [9.17, 15) is 14.4 Å². The summed E-state index contributed by atoms with van der Waals surface area (Å²) >= 11 is 0. The first-order valence-corrected chi connectivity index (χ1v) is 20.8. The third kappa shape index (κ3) is 37.0. The van der Waals surface area contributed by atoms with Gasteiger partial charge in [0.05, 0.1) is 0 Å². The quantitative estimate of drug-likeness (QED) is 0.0279. The maximum Gasteiger partial charge on any atom is 0.306 e. The molecule has 0 spiro atoms. The molecule has 0 amide bonds. The van der Waals surface area contributed by atoms with Crippen LogP contribution in [-0.4, -0.2) is 37.2 Å². The van der Waals surface area contributed by atoms with E-state index in [1.807, 2.05) is 0 Å². The number of hydrogen-bond acceptors (Lipinski definition) is 6. The Hall–Kier alpha value is -2.11. The molecule has 0 aliphatic carbocycles. The Bertz CT molecular complexity index is 804. The molecule has 0 heterocycles. The van der Waals surface area contributed by atoms with Gasteiger partial charge in [0.15, 0.2) is 6.10 Å². The van der Waals surface area contributed by atoms with Gasteiger partial charge in [0.2, 0.25) is 0 Å². The predicted octanol–water partition coefficient (Wildman–Crippen LogP) is 12.9. The van der Waals surface area contributed by atoms with E-state index in [2.05, 4.69) is 45.1 Å². The molecule has 0 saturated carbocycles. The first kappa shape index (κ1) is 46.9. The minimum atomic E-state index is -0.770. The second-order valence-electron chi connectivity index (χ2n) is 13.8. The van der Waals surface area contributed by atoms with E-state index in [1.165, 1.54) is 83.5 Å². The smallest absolute Gasteiger partial charge is 0.306 e. The number of carbonyl (C=O) groups excluding carboxylic acids is 3. The van der Waals surface area contributed by atoms with Crippen LogP contribution in [0.2, 0.25) is 0 Å². The van der Waals surface area contributed by atoms with Gasteiger partial charge in [-0.25, -0.2) is 0 Å². The van der Waals surface area contributed by atoms with Gasteiger partial charge in [-0.05, 0) is 57.8 Å². The van der Waals surface area contributed by atoms with Crippen LogP contribution in [0.3, 0.4) is 0 Å². The van der Waals surface area contributed by atoms with Gasteiger partial charge in [0.25, 0.3) is 0 Å². The standard InChI is InChI=1S/C43H78O6/c1-4-7-10-13-16-19-20-21-22-25-27-30-33-36-42(45)48-39-40(49-43(46)37-34-31-28-24-18-15-12-9-6-3)38-47-41(44)35-32-29-26-23-17-14-11-8-5-2/h8-9,11-12,40H,4-7,10,13-39H2,1-3H3/b11-8-,12-9-. The molecule has 0 aliphatic rings. The van der Waals surface area contributed by atoms with E-state index in [0.717, 1.165) is 89.9 Å². The van der Waals surface area contributed by atoms with Crippen molar-refractivity contribution in [2.45, 2.75) is 219 Å². The number of ether oxygens (including phenoxy) is 3. The summed E-state index contributed by atoms with van der Waals surface area (Å²) in [5, 5.41) is 0. The third-order valence-electron chi connectivity index (χ3n) is 8.95. The molecule has 0 radical (unpaired) electrons. The van der Waals surface area contributed by atoms with E-state index in [1.54, 1.807) is 0 Å². The van der Waals surface area contributed by atoms with Gasteiger partial charge in [-0.3, -0.25) is 14.4 Å². The SMILES string of the molecule is CC/C=C\CCCCCCCC(=O)OCC(COC(=O)CCCCCCCCCCCCCCC)OC(=O)CCCCCCC/C=C\CC. The fourth-order valence-corrected chi connectivity index (χ4v) is 5.86. The van der Waals surface area contributed by atoms with Crippen LogP contribution in [0.1, 0.15) is 213 Å². The highest BCUT2D eigenvalue weighted by molar-refractivity contribution is 5.71. The molecule has 6 nitrogen and oxygen atoms in total. The average Bonchev–Trinajstić information content (AvgIpc) is 3.10. The van der Waals surface area contributed by atoms with E-state index < -0.39 is 6.10 Å². The van der Waals surface area contributed by atoms with Gasteiger partial charge < -0.3 is 14.2 Å². The summed E-state index contributed by atoms with van der Waals surface area (Å²) in [6.45, 7) is 6.40. The lowest BCUT2D eigenvalue weighted by Gasteiger charge is -2.18. The summed E-state index contributed by atoms with van der Waals surface area (Å²) in [6.07, 6.45) is 40.3. The maximum absolute atomic E-state index is 12.6. The zero-order valence-electron chi connectivity index (χ0n) is 32.5. The van der Waals surface area contributed by atoms with Crippen LogP contribution < -0.4 is 0 Å². The van der Waals surface area contributed by atoms with Crippen molar-refractivity contribution in [3.05, 3.63) is 24.3 Å². The highest BCUT2D eigenvalue weighted by Gasteiger charge is 2.19. The van der Waals surface area contributed by atoms with Gasteiger partial charge in [-0.2, -0.15) is 0 Å². The fraction of sp³-hybridized carbons (Fsp3) is 0.837. The largest absolute Gasteiger partial charge is 0.462 e. The lowest BCUT2D eigenvalue weighted by Crippen LogP contribution is -2.30. The Morgan fingerprint density at radius 1 is 0.408 bits per heavy atom. The van der Waals surface area contributed by atoms with Crippen LogP contribution in [0.5, 0.6) is 0 Å². The number of hydrogen-bond donors (Lipinski definition) is 0. The zero-order valence-corrected chi connectivity index (χ0v) is 32.5. The van der Waals surface area contributed by atoms with Crippen LogP contribution in [0.25, 0.3) is 0 Å². The molecular formula is C43H78O6. The number of rotatable bonds is 37. The van der Waals surface area contributed by atoms with Crippen LogP contribution in [-0.2, 0) is 28.6 Å². The summed E-state index contributed by atoms with van der Waals surface area (Å²) in [6, 6.07) is 0. The first-order valence-electron chi connectivity index (χ1n) is 20.8. The van der Waals surface area contributed by atoms with Crippen molar-refractivity contribution in [2.24, 2.45) is 0 Å². The molecule has 0 aromatic heterocycles. The second kappa shape index (κ2) is 38.7. The van der Waals surface area contributed by atoms with Crippen LogP contribution in [0.4, 0.5) is 0 Å². The average molecular weight is 691 g/mol. The second-order valence-corrected chi connectivity index (χ2v) is 13.8. The van der Waals surface area contributed by atoms with Crippen molar-refractivity contribution in [2.75, 3.05) is 13.2 Å². The third-order valence-corrected chi connectivity index (χ3v) is 8.95. The number of allylic oxidation sites excluding steroid dienone is 4. The van der Waals surface area contributed by atoms with Gasteiger partial charge in [0, 0.05) is 19.3 Å². The highest BCUT2D eigenvalue weighted by Crippen LogP contribution is 2.14. The lowest BCUT2D eigenvalue weighted by molar-refractivity contribution is -0.167. The van der Waals surface area contributed by atoms with E-state index >= 15 is 0 Å². The Labute approximate surface area is 303 Å². The van der Waals surface area contributed by atoms with Crippen molar-refractivity contribution in [3.8, 4) is 0 Å². The number of unbranched alkanes of at least 4 members (excludes halogenated alkanes) is 22. The minimum Gasteiger partial charge on any atom is -0.462 e. The van der Waals surface area contributed by atoms with Crippen molar-refractivity contribution in [1.29, 1.82) is 0 Å². The monoisotopic (exact) mass is 691 g/mol. The molecule has 0 aromatic rings. The Kier molecular flexibility index (Phi) is 37.0. The van der Waals surface area contributed by atoms with Gasteiger partial charge in [0.1, 0.15) is 13.2 Å². The van der Waals surface area contributed by atoms with Crippen LogP contribution in [0.15, 0.2) is 24.3 Å². The molecule has 0 fully saturated rings. The normalized spacial score (nSPS) is 12.1. The fourth-order valence-electron chi connectivity index (χ4n) is 5.86. The number of esters is 3. The Morgan fingerprint density at radius 2 is 0.735 bits per heavy atom. The van der Waals surface area contributed by atoms with Crippen molar-refractivity contribution >= 4 is 17.9 Å². The summed E-state index contributed by atoms with van der Waals surface area (Å²) in [5.41, 5.74) is 0. The summed E-state index contributed by atoms with van der Waals surface area (Å²) in [7, 11) is 0. The van der Waals surface area contributed by atoms with Crippen LogP contribution >= 0.6 is 0 Å². The molecule has 286 valence electrons. The molecule has 0 aromatic carbocycles. The summed E-state index contributed by atoms with van der Waals surface area (Å²) in [5.74, 6) is -0.901. The van der Waals surface area contributed by atoms with Gasteiger partial charge in [-0.1, -0.05) is 161 Å². The molecule has 0 aliphatic heterocycles. The Morgan fingerprint density at radius 3 is 1.10 bits per heavy atom. The van der Waals surface area contributed by atoms with Crippen molar-refractivity contribution in [3.63, 3.8) is 0 Å². The van der Waals surface area contributed by atoms with E-state index in [4.69, 9.17) is 14.2 Å². The minimum absolute atomic E-state index is 0.0753. The molecule has 1 atom stereocenters. The molecule has 0 rings (SSSR count). The molecule has 0 saturated heterocycles. The number of carbonyl (C=O) groups is 3. The maximum atomic E-state index is 12.6. The first-order chi connectivity index (χ1) is 24.0. The highest BCUT2D eigenvalue weighted by atomic mass is 16.6. The predicted molar refractivity (Wildman–Crippen MR) is 206 cm³/mol. The van der Waals surface area contributed by atoms with E-state index in [-0.39, 0.29) is 31.1 Å². The summed E-state index contributed by atoms with van der Waals surface area (Å²) < 4.78 is 16.6. The van der Waals surface area contributed by atoms with Gasteiger partial charge >= 0.3 is 17.9 Å². The molecule has 6 heteroatoms. The molecular weight excluding hydrogens is 612 g/mol. The van der Waals surface area contributed by atoms with Crippen molar-refractivity contribution < 1.29 is 28.6 Å². The van der Waals surface area contributed by atoms with Crippen LogP contribution in [0, 0.1) is 0 Å². The topological polar surface area (TPSA) is 78.9 Å². The lowest BCUT2D eigenvalue weighted by atomic mass is 10.0. The molecule has 0 bridgehead atoms. The molecule has 1 unspecified atom stereocenters. The molecule has 49 heavy (non-hydrogen) atoms. The van der Waals surface area contributed by atoms with Gasteiger partial charge in [-0.15, -0.1) is 0 Å². The Balaban J connectivity index is 4.33. The van der Waals surface area contributed by atoms with Crippen molar-refractivity contribution in [1.82, 2.24) is 0 Å². The summed E-state index contributed by atoms with van der Waals surface area (Å²) in [4.78, 5) is 37.4.